The maximum Gasteiger partial charge on any atom is 0.220 e. The molecule has 2 atom stereocenters. The molecule has 1 N–H and O–H groups in total. The van der Waals surface area contributed by atoms with Gasteiger partial charge in [-0.2, -0.15) is 0 Å². The SMILES string of the molecule is COc1ccc(CN2CCc3cc(OC)c(OC)cc3[C@@H]2[C@@H](C)NC(=O)CC(C)C)cc1. The van der Waals surface area contributed by atoms with Gasteiger partial charge in [-0.05, 0) is 60.2 Å². The molecule has 6 heteroatoms. The number of benzene rings is 2. The number of rotatable bonds is 9. The lowest BCUT2D eigenvalue weighted by Crippen LogP contribution is -2.47. The van der Waals surface area contributed by atoms with Crippen LogP contribution in [-0.2, 0) is 17.8 Å². The van der Waals surface area contributed by atoms with Crippen molar-refractivity contribution in [3.63, 3.8) is 0 Å². The smallest absolute Gasteiger partial charge is 0.220 e. The summed E-state index contributed by atoms with van der Waals surface area (Å²) in [6, 6.07) is 12.3. The number of ether oxygens (including phenoxy) is 3. The van der Waals surface area contributed by atoms with E-state index in [0.29, 0.717) is 18.1 Å². The first-order valence-electron chi connectivity index (χ1n) is 11.3. The number of carbonyl (C=O) groups excluding carboxylic acids is 1. The summed E-state index contributed by atoms with van der Waals surface area (Å²) in [5.74, 6) is 2.71. The summed E-state index contributed by atoms with van der Waals surface area (Å²) in [4.78, 5) is 15.0. The molecule has 1 aliphatic rings. The van der Waals surface area contributed by atoms with Crippen LogP contribution in [0.1, 0.15) is 49.9 Å². The van der Waals surface area contributed by atoms with Crippen molar-refractivity contribution >= 4 is 5.91 Å². The fourth-order valence-electron chi connectivity index (χ4n) is 4.52. The molecule has 1 heterocycles. The molecule has 2 aromatic rings. The molecule has 0 radical (unpaired) electrons. The molecule has 1 amide bonds. The molecule has 2 aromatic carbocycles. The molecule has 0 unspecified atom stereocenters. The Morgan fingerprint density at radius 3 is 2.28 bits per heavy atom. The topological polar surface area (TPSA) is 60.0 Å². The zero-order valence-corrected chi connectivity index (χ0v) is 20.1. The van der Waals surface area contributed by atoms with Crippen molar-refractivity contribution in [2.24, 2.45) is 5.92 Å². The molecule has 0 fully saturated rings. The maximum atomic E-state index is 12.6. The molecule has 3 rings (SSSR count). The number of hydrogen-bond acceptors (Lipinski definition) is 5. The molecule has 0 saturated heterocycles. The Labute approximate surface area is 191 Å². The number of carbonyl (C=O) groups is 1. The number of methoxy groups -OCH3 is 3. The Bertz CT molecular complexity index is 911. The number of hydrogen-bond donors (Lipinski definition) is 1. The molecule has 0 aromatic heterocycles. The first-order valence-corrected chi connectivity index (χ1v) is 11.3. The number of amides is 1. The van der Waals surface area contributed by atoms with Gasteiger partial charge in [-0.1, -0.05) is 26.0 Å². The van der Waals surface area contributed by atoms with Crippen molar-refractivity contribution in [1.82, 2.24) is 10.2 Å². The van der Waals surface area contributed by atoms with Crippen molar-refractivity contribution in [2.75, 3.05) is 27.9 Å². The highest BCUT2D eigenvalue weighted by Crippen LogP contribution is 2.40. The van der Waals surface area contributed by atoms with Crippen molar-refractivity contribution in [3.8, 4) is 17.2 Å². The van der Waals surface area contributed by atoms with Crippen LogP contribution in [-0.4, -0.2) is 44.7 Å². The standard InChI is InChI=1S/C26H36N2O4/c1-17(2)13-25(29)27-18(3)26-22-15-24(32-6)23(31-5)14-20(22)11-12-28(26)16-19-7-9-21(30-4)10-8-19/h7-10,14-15,17-18,26H,11-13,16H2,1-6H3,(H,27,29)/t18-,26+/m1/s1. The van der Waals surface area contributed by atoms with Gasteiger partial charge in [-0.15, -0.1) is 0 Å². The predicted octanol–water partition coefficient (Wildman–Crippen LogP) is 4.36. The van der Waals surface area contributed by atoms with Gasteiger partial charge < -0.3 is 19.5 Å². The minimum Gasteiger partial charge on any atom is -0.497 e. The van der Waals surface area contributed by atoms with Crippen molar-refractivity contribution in [2.45, 2.75) is 52.2 Å². The second-order valence-corrected chi connectivity index (χ2v) is 8.87. The number of nitrogens with one attached hydrogen (secondary N) is 1. The number of nitrogens with zero attached hydrogens (tertiary/aromatic N) is 1. The summed E-state index contributed by atoms with van der Waals surface area (Å²) < 4.78 is 16.4. The normalized spacial score (nSPS) is 16.9. The number of fused-ring (bicyclic) bond motifs is 1. The zero-order valence-electron chi connectivity index (χ0n) is 20.1. The molecule has 174 valence electrons. The van der Waals surface area contributed by atoms with E-state index in [4.69, 9.17) is 14.2 Å². The second-order valence-electron chi connectivity index (χ2n) is 8.87. The summed E-state index contributed by atoms with van der Waals surface area (Å²) in [5.41, 5.74) is 3.63. The van der Waals surface area contributed by atoms with E-state index in [1.165, 1.54) is 16.7 Å². The van der Waals surface area contributed by atoms with Crippen molar-refractivity contribution < 1.29 is 19.0 Å². The average molecular weight is 441 g/mol. The lowest BCUT2D eigenvalue weighted by molar-refractivity contribution is -0.122. The van der Waals surface area contributed by atoms with Gasteiger partial charge in [0.25, 0.3) is 0 Å². The monoisotopic (exact) mass is 440 g/mol. The molecule has 0 bridgehead atoms. The van der Waals surface area contributed by atoms with Crippen LogP contribution < -0.4 is 19.5 Å². The third kappa shape index (κ3) is 5.54. The van der Waals surface area contributed by atoms with E-state index < -0.39 is 0 Å². The highest BCUT2D eigenvalue weighted by Gasteiger charge is 2.33. The van der Waals surface area contributed by atoms with Crippen molar-refractivity contribution in [3.05, 3.63) is 53.1 Å². The van der Waals surface area contributed by atoms with E-state index in [-0.39, 0.29) is 18.0 Å². The van der Waals surface area contributed by atoms with Crippen LogP contribution >= 0.6 is 0 Å². The molecule has 0 saturated carbocycles. The van der Waals surface area contributed by atoms with Crippen LogP contribution in [0.5, 0.6) is 17.2 Å². The highest BCUT2D eigenvalue weighted by molar-refractivity contribution is 5.76. The third-order valence-corrected chi connectivity index (χ3v) is 6.03. The van der Waals surface area contributed by atoms with Gasteiger partial charge in [0.1, 0.15) is 5.75 Å². The summed E-state index contributed by atoms with van der Waals surface area (Å²) in [7, 11) is 5.00. The summed E-state index contributed by atoms with van der Waals surface area (Å²) in [6.45, 7) is 7.90. The third-order valence-electron chi connectivity index (χ3n) is 6.03. The van der Waals surface area contributed by atoms with E-state index in [9.17, 15) is 4.79 Å². The van der Waals surface area contributed by atoms with Gasteiger partial charge in [-0.25, -0.2) is 0 Å². The second kappa shape index (κ2) is 10.7. The Balaban J connectivity index is 1.94. The molecule has 0 spiro atoms. The van der Waals surface area contributed by atoms with Gasteiger partial charge >= 0.3 is 0 Å². The van der Waals surface area contributed by atoms with E-state index in [1.54, 1.807) is 21.3 Å². The Hall–Kier alpha value is -2.73. The first kappa shape index (κ1) is 23.9. The maximum absolute atomic E-state index is 12.6. The Morgan fingerprint density at radius 1 is 1.03 bits per heavy atom. The molecular formula is C26H36N2O4. The lowest BCUT2D eigenvalue weighted by atomic mass is 9.87. The van der Waals surface area contributed by atoms with Crippen LogP contribution in [0.3, 0.4) is 0 Å². The summed E-state index contributed by atoms with van der Waals surface area (Å²) in [5, 5.41) is 3.25. The zero-order chi connectivity index (χ0) is 23.3. The summed E-state index contributed by atoms with van der Waals surface area (Å²) in [6.07, 6.45) is 1.43. The lowest BCUT2D eigenvalue weighted by Gasteiger charge is -2.41. The Morgan fingerprint density at radius 2 is 1.69 bits per heavy atom. The van der Waals surface area contributed by atoms with Crippen LogP contribution in [0.15, 0.2) is 36.4 Å². The van der Waals surface area contributed by atoms with Crippen molar-refractivity contribution in [1.29, 1.82) is 0 Å². The van der Waals surface area contributed by atoms with Gasteiger partial charge in [0.05, 0.1) is 27.4 Å². The van der Waals surface area contributed by atoms with Crippen LogP contribution in [0.4, 0.5) is 0 Å². The molecule has 32 heavy (non-hydrogen) atoms. The van der Waals surface area contributed by atoms with E-state index in [1.807, 2.05) is 12.1 Å². The minimum atomic E-state index is -0.0587. The van der Waals surface area contributed by atoms with Gasteiger partial charge in [0.15, 0.2) is 11.5 Å². The predicted molar refractivity (Wildman–Crippen MR) is 126 cm³/mol. The van der Waals surface area contributed by atoms with Crippen LogP contribution in [0.25, 0.3) is 0 Å². The average Bonchev–Trinajstić information content (AvgIpc) is 2.77. The van der Waals surface area contributed by atoms with Gasteiger partial charge in [0.2, 0.25) is 5.91 Å². The van der Waals surface area contributed by atoms with E-state index in [2.05, 4.69) is 55.3 Å². The highest BCUT2D eigenvalue weighted by atomic mass is 16.5. The fourth-order valence-corrected chi connectivity index (χ4v) is 4.52. The van der Waals surface area contributed by atoms with Crippen LogP contribution in [0.2, 0.25) is 0 Å². The van der Waals surface area contributed by atoms with Crippen LogP contribution in [0, 0.1) is 5.92 Å². The first-order chi connectivity index (χ1) is 15.4. The van der Waals surface area contributed by atoms with E-state index in [0.717, 1.165) is 31.0 Å². The molecule has 1 aliphatic heterocycles. The summed E-state index contributed by atoms with van der Waals surface area (Å²) >= 11 is 0. The molecule has 0 aliphatic carbocycles. The quantitative estimate of drug-likeness (QED) is 0.628. The largest absolute Gasteiger partial charge is 0.497 e. The van der Waals surface area contributed by atoms with E-state index >= 15 is 0 Å². The Kier molecular flexibility index (Phi) is 8.02. The molecular weight excluding hydrogens is 404 g/mol. The van der Waals surface area contributed by atoms with Gasteiger partial charge in [0, 0.05) is 25.6 Å². The fraction of sp³-hybridized carbons (Fsp3) is 0.500. The molecule has 6 nitrogen and oxygen atoms in total. The van der Waals surface area contributed by atoms with Gasteiger partial charge in [-0.3, -0.25) is 9.69 Å². The minimum absolute atomic E-state index is 0.0248.